The highest BCUT2D eigenvalue weighted by molar-refractivity contribution is 5.96. The maximum Gasteiger partial charge on any atom is 0.227 e. The Labute approximate surface area is 113 Å². The van der Waals surface area contributed by atoms with Crippen LogP contribution in [0.5, 0.6) is 0 Å². The average Bonchev–Trinajstić information content (AvgIpc) is 2.72. The highest BCUT2D eigenvalue weighted by atomic mass is 16.7. The van der Waals surface area contributed by atoms with Gasteiger partial charge in [0, 0.05) is 12.1 Å². The molecule has 0 aliphatic carbocycles. The van der Waals surface area contributed by atoms with E-state index in [1.165, 1.54) is 5.56 Å². The minimum Gasteiger partial charge on any atom is -0.348 e. The zero-order chi connectivity index (χ0) is 13.5. The first-order valence-electron chi connectivity index (χ1n) is 6.75. The van der Waals surface area contributed by atoms with Crippen molar-refractivity contribution < 1.29 is 14.3 Å². The molecule has 2 aliphatic rings. The normalized spacial score (nSPS) is 25.5. The van der Waals surface area contributed by atoms with Gasteiger partial charge in [0.05, 0.1) is 13.2 Å². The van der Waals surface area contributed by atoms with E-state index in [4.69, 9.17) is 9.47 Å². The van der Waals surface area contributed by atoms with Crippen molar-refractivity contribution in [1.82, 2.24) is 0 Å². The summed E-state index contributed by atoms with van der Waals surface area (Å²) in [4.78, 5) is 14.0. The number of hydrogen-bond donors (Lipinski definition) is 0. The Morgan fingerprint density at radius 3 is 2.84 bits per heavy atom. The standard InChI is InChI=1S/C15H19NO3/c1-15(2)18-10-12(19-15)9-16-13-6-4-3-5-11(13)7-8-14(16)17/h3-6,12H,7-10H2,1-2H3/t12-/m1/s1. The average molecular weight is 261 g/mol. The number of anilines is 1. The molecule has 0 spiro atoms. The third kappa shape index (κ3) is 2.51. The van der Waals surface area contributed by atoms with E-state index in [9.17, 15) is 4.79 Å². The summed E-state index contributed by atoms with van der Waals surface area (Å²) in [7, 11) is 0. The molecular weight excluding hydrogens is 242 g/mol. The van der Waals surface area contributed by atoms with E-state index < -0.39 is 5.79 Å². The van der Waals surface area contributed by atoms with Crippen LogP contribution in [0.1, 0.15) is 25.8 Å². The molecule has 1 aromatic rings. The Hall–Kier alpha value is -1.39. The van der Waals surface area contributed by atoms with E-state index in [2.05, 4.69) is 6.07 Å². The van der Waals surface area contributed by atoms with E-state index in [0.717, 1.165) is 12.1 Å². The predicted octanol–water partition coefficient (Wildman–Crippen LogP) is 2.12. The van der Waals surface area contributed by atoms with Crippen molar-refractivity contribution in [2.75, 3.05) is 18.1 Å². The van der Waals surface area contributed by atoms with Gasteiger partial charge in [-0.25, -0.2) is 0 Å². The van der Waals surface area contributed by atoms with Crippen molar-refractivity contribution in [1.29, 1.82) is 0 Å². The number of ether oxygens (including phenoxy) is 2. The largest absolute Gasteiger partial charge is 0.348 e. The molecule has 3 rings (SSSR count). The van der Waals surface area contributed by atoms with Gasteiger partial charge in [-0.2, -0.15) is 0 Å². The smallest absolute Gasteiger partial charge is 0.227 e. The van der Waals surface area contributed by atoms with Crippen LogP contribution in [0.25, 0.3) is 0 Å². The molecule has 0 saturated carbocycles. The topological polar surface area (TPSA) is 38.8 Å². The van der Waals surface area contributed by atoms with Crippen molar-refractivity contribution in [3.63, 3.8) is 0 Å². The fraction of sp³-hybridized carbons (Fsp3) is 0.533. The zero-order valence-electron chi connectivity index (χ0n) is 11.4. The summed E-state index contributed by atoms with van der Waals surface area (Å²) in [6, 6.07) is 8.09. The maximum atomic E-state index is 12.1. The van der Waals surface area contributed by atoms with Crippen LogP contribution < -0.4 is 4.90 Å². The van der Waals surface area contributed by atoms with E-state index in [1.54, 1.807) is 0 Å². The van der Waals surface area contributed by atoms with Crippen LogP contribution in [0.4, 0.5) is 5.69 Å². The van der Waals surface area contributed by atoms with E-state index in [1.807, 2.05) is 36.9 Å². The number of carbonyl (C=O) groups is 1. The predicted molar refractivity (Wildman–Crippen MR) is 72.0 cm³/mol. The third-order valence-corrected chi connectivity index (χ3v) is 3.65. The van der Waals surface area contributed by atoms with Crippen LogP contribution in [0, 0.1) is 0 Å². The highest BCUT2D eigenvalue weighted by Crippen LogP contribution is 2.30. The molecule has 1 saturated heterocycles. The lowest BCUT2D eigenvalue weighted by atomic mass is 10.0. The maximum absolute atomic E-state index is 12.1. The number of carbonyl (C=O) groups excluding carboxylic acids is 1. The number of fused-ring (bicyclic) bond motifs is 1. The molecule has 2 aliphatic heterocycles. The first-order valence-corrected chi connectivity index (χ1v) is 6.75. The van der Waals surface area contributed by atoms with Crippen LogP contribution in [0.2, 0.25) is 0 Å². The van der Waals surface area contributed by atoms with Gasteiger partial charge in [-0.15, -0.1) is 0 Å². The Morgan fingerprint density at radius 2 is 2.11 bits per heavy atom. The second kappa shape index (κ2) is 4.62. The van der Waals surface area contributed by atoms with Crippen molar-refractivity contribution in [2.24, 2.45) is 0 Å². The van der Waals surface area contributed by atoms with E-state index in [0.29, 0.717) is 19.6 Å². The van der Waals surface area contributed by atoms with Crippen LogP contribution in [0.15, 0.2) is 24.3 Å². The first-order chi connectivity index (χ1) is 9.05. The molecule has 2 heterocycles. The Balaban J connectivity index is 1.79. The molecule has 4 heteroatoms. The minimum absolute atomic E-state index is 0.0508. The zero-order valence-corrected chi connectivity index (χ0v) is 11.4. The fourth-order valence-corrected chi connectivity index (χ4v) is 2.75. The lowest BCUT2D eigenvalue weighted by molar-refractivity contribution is -0.138. The van der Waals surface area contributed by atoms with Crippen LogP contribution in [-0.4, -0.2) is 30.9 Å². The lowest BCUT2D eigenvalue weighted by Gasteiger charge is -2.31. The summed E-state index contributed by atoms with van der Waals surface area (Å²) < 4.78 is 11.4. The molecule has 1 aromatic carbocycles. The lowest BCUT2D eigenvalue weighted by Crippen LogP contribution is -2.41. The molecule has 1 amide bonds. The van der Waals surface area contributed by atoms with Crippen molar-refractivity contribution in [3.05, 3.63) is 29.8 Å². The number of rotatable bonds is 2. The molecule has 4 nitrogen and oxygen atoms in total. The summed E-state index contributed by atoms with van der Waals surface area (Å²) in [6.45, 7) is 4.91. The molecule has 1 atom stereocenters. The monoisotopic (exact) mass is 261 g/mol. The summed E-state index contributed by atoms with van der Waals surface area (Å²) in [5, 5.41) is 0. The van der Waals surface area contributed by atoms with Gasteiger partial charge in [0.1, 0.15) is 6.10 Å². The quantitative estimate of drug-likeness (QED) is 0.818. The minimum atomic E-state index is -0.539. The second-order valence-electron chi connectivity index (χ2n) is 5.58. The number of aryl methyl sites for hydroxylation is 1. The number of nitrogens with zero attached hydrogens (tertiary/aromatic N) is 1. The Morgan fingerprint density at radius 1 is 1.32 bits per heavy atom. The number of hydrogen-bond acceptors (Lipinski definition) is 3. The van der Waals surface area contributed by atoms with Gasteiger partial charge in [-0.05, 0) is 31.9 Å². The van der Waals surface area contributed by atoms with Gasteiger partial charge < -0.3 is 14.4 Å². The van der Waals surface area contributed by atoms with Crippen LogP contribution >= 0.6 is 0 Å². The Kier molecular flexibility index (Phi) is 3.07. The molecule has 0 unspecified atom stereocenters. The van der Waals surface area contributed by atoms with Crippen LogP contribution in [-0.2, 0) is 20.7 Å². The van der Waals surface area contributed by atoms with Crippen molar-refractivity contribution in [2.45, 2.75) is 38.6 Å². The number of benzene rings is 1. The van der Waals surface area contributed by atoms with Gasteiger partial charge in [0.15, 0.2) is 5.79 Å². The molecule has 19 heavy (non-hydrogen) atoms. The molecule has 1 fully saturated rings. The molecule has 102 valence electrons. The third-order valence-electron chi connectivity index (χ3n) is 3.65. The first kappa shape index (κ1) is 12.6. The summed E-state index contributed by atoms with van der Waals surface area (Å²) in [5.41, 5.74) is 2.26. The number of amides is 1. The summed E-state index contributed by atoms with van der Waals surface area (Å²) >= 11 is 0. The van der Waals surface area contributed by atoms with Gasteiger partial charge >= 0.3 is 0 Å². The highest BCUT2D eigenvalue weighted by Gasteiger charge is 2.35. The fourth-order valence-electron chi connectivity index (χ4n) is 2.75. The molecule has 0 N–H and O–H groups in total. The van der Waals surface area contributed by atoms with Gasteiger partial charge in [-0.3, -0.25) is 4.79 Å². The van der Waals surface area contributed by atoms with E-state index >= 15 is 0 Å². The van der Waals surface area contributed by atoms with Gasteiger partial charge in [0.25, 0.3) is 0 Å². The second-order valence-corrected chi connectivity index (χ2v) is 5.58. The van der Waals surface area contributed by atoms with Crippen molar-refractivity contribution in [3.8, 4) is 0 Å². The molecule has 0 aromatic heterocycles. The SMILES string of the molecule is CC1(C)OC[C@@H](CN2C(=O)CCc3ccccc32)O1. The summed E-state index contributed by atoms with van der Waals surface area (Å²) in [6.07, 6.45) is 1.36. The summed E-state index contributed by atoms with van der Waals surface area (Å²) in [5.74, 6) is -0.366. The van der Waals surface area contributed by atoms with Gasteiger partial charge in [0.2, 0.25) is 5.91 Å². The molecule has 0 radical (unpaired) electrons. The van der Waals surface area contributed by atoms with E-state index in [-0.39, 0.29) is 12.0 Å². The molecule has 0 bridgehead atoms. The van der Waals surface area contributed by atoms with Crippen molar-refractivity contribution >= 4 is 11.6 Å². The van der Waals surface area contributed by atoms with Gasteiger partial charge in [-0.1, -0.05) is 18.2 Å². The Bertz CT molecular complexity index is 498. The molecular formula is C15H19NO3. The number of para-hydroxylation sites is 1. The van der Waals surface area contributed by atoms with Crippen LogP contribution in [0.3, 0.4) is 0 Å².